The Balaban J connectivity index is 1.91. The van der Waals surface area contributed by atoms with Gasteiger partial charge in [0.05, 0.1) is 5.60 Å². The molecule has 34 heavy (non-hydrogen) atoms. The number of carboxylic acid groups (broad SMARTS) is 1. The van der Waals surface area contributed by atoms with Gasteiger partial charge in [-0.3, -0.25) is 0 Å². The molecule has 0 amide bonds. The third-order valence-electron chi connectivity index (χ3n) is 6.04. The average molecular weight is 469 g/mol. The summed E-state index contributed by atoms with van der Waals surface area (Å²) in [6.07, 6.45) is 6.79. The van der Waals surface area contributed by atoms with Crippen LogP contribution in [0.25, 0.3) is 16.6 Å². The summed E-state index contributed by atoms with van der Waals surface area (Å²) in [7, 11) is 0. The van der Waals surface area contributed by atoms with Crippen LogP contribution in [0.2, 0.25) is 0 Å². The summed E-state index contributed by atoms with van der Waals surface area (Å²) >= 11 is 0. The largest absolute Gasteiger partial charge is 0.479 e. The highest BCUT2D eigenvalue weighted by Gasteiger charge is 2.33. The molecule has 0 aliphatic heterocycles. The van der Waals surface area contributed by atoms with Crippen molar-refractivity contribution in [2.45, 2.75) is 71.6 Å². The summed E-state index contributed by atoms with van der Waals surface area (Å²) in [4.78, 5) is 17.1. The number of halogens is 2. The molecule has 1 aliphatic carbocycles. The first kappa shape index (κ1) is 24.1. The van der Waals surface area contributed by atoms with Gasteiger partial charge in [0.1, 0.15) is 5.65 Å². The number of nitrogens with zero attached hydrogens (tertiary/aromatic N) is 2. The fourth-order valence-corrected chi connectivity index (χ4v) is 4.61. The number of hydrogen-bond donors (Lipinski definition) is 1. The lowest BCUT2D eigenvalue weighted by atomic mass is 9.86. The number of rotatable bonds is 6. The first-order valence-corrected chi connectivity index (χ1v) is 11.6. The molecular weight excluding hydrogens is 438 g/mol. The zero-order chi connectivity index (χ0) is 24.6. The molecule has 1 unspecified atom stereocenters. The maximum atomic E-state index is 13.8. The maximum Gasteiger partial charge on any atom is 0.337 e. The van der Waals surface area contributed by atoms with Gasteiger partial charge in [0.25, 0.3) is 0 Å². The molecule has 2 heterocycles. The van der Waals surface area contributed by atoms with Crippen molar-refractivity contribution in [2.75, 3.05) is 0 Å². The van der Waals surface area contributed by atoms with E-state index in [0.29, 0.717) is 29.0 Å². The second kappa shape index (κ2) is 9.29. The molecule has 4 rings (SSSR count). The molecule has 0 spiro atoms. The predicted octanol–water partition coefficient (Wildman–Crippen LogP) is 6.57. The number of hydrogen-bond acceptors (Lipinski definition) is 3. The van der Waals surface area contributed by atoms with E-state index < -0.39 is 29.3 Å². The predicted molar refractivity (Wildman–Crippen MR) is 128 cm³/mol. The summed E-state index contributed by atoms with van der Waals surface area (Å²) in [5.74, 6) is -2.83. The van der Waals surface area contributed by atoms with Crippen molar-refractivity contribution in [2.24, 2.45) is 0 Å². The number of carbonyl (C=O) groups is 1. The van der Waals surface area contributed by atoms with Crippen LogP contribution in [0.1, 0.15) is 74.9 Å². The highest BCUT2D eigenvalue weighted by molar-refractivity contribution is 5.94. The Kier molecular flexibility index (Phi) is 6.58. The quantitative estimate of drug-likeness (QED) is 0.444. The van der Waals surface area contributed by atoms with Crippen molar-refractivity contribution in [3.63, 3.8) is 0 Å². The van der Waals surface area contributed by atoms with E-state index >= 15 is 0 Å². The van der Waals surface area contributed by atoms with Crippen LogP contribution in [0.15, 0.2) is 36.5 Å². The summed E-state index contributed by atoms with van der Waals surface area (Å²) in [6.45, 7) is 7.62. The van der Waals surface area contributed by atoms with Crippen molar-refractivity contribution in [3.05, 3.63) is 70.6 Å². The van der Waals surface area contributed by atoms with E-state index in [2.05, 4.69) is 6.08 Å². The lowest BCUT2D eigenvalue weighted by Gasteiger charge is -2.29. The molecule has 0 saturated carbocycles. The minimum atomic E-state index is -1.16. The van der Waals surface area contributed by atoms with E-state index in [1.807, 2.05) is 37.6 Å². The summed E-state index contributed by atoms with van der Waals surface area (Å²) < 4.78 is 35.1. The van der Waals surface area contributed by atoms with Gasteiger partial charge in [0.2, 0.25) is 0 Å². The van der Waals surface area contributed by atoms with Crippen LogP contribution in [-0.2, 0) is 16.1 Å². The van der Waals surface area contributed by atoms with Crippen molar-refractivity contribution >= 4 is 22.6 Å². The van der Waals surface area contributed by atoms with Crippen LogP contribution >= 0.6 is 0 Å². The summed E-state index contributed by atoms with van der Waals surface area (Å²) in [5, 5.41) is 10.9. The number of benzene rings is 1. The first-order chi connectivity index (χ1) is 16.0. The highest BCUT2D eigenvalue weighted by Crippen LogP contribution is 2.40. The molecule has 5 nitrogen and oxygen atoms in total. The molecule has 0 saturated heterocycles. The van der Waals surface area contributed by atoms with Gasteiger partial charge in [-0.1, -0.05) is 12.1 Å². The topological polar surface area (TPSA) is 64.4 Å². The second-order valence-corrected chi connectivity index (χ2v) is 9.84. The van der Waals surface area contributed by atoms with Crippen LogP contribution in [0, 0.1) is 18.6 Å². The summed E-state index contributed by atoms with van der Waals surface area (Å²) in [6, 6.07) is 5.77. The van der Waals surface area contributed by atoms with Gasteiger partial charge in [-0.15, -0.1) is 0 Å². The van der Waals surface area contributed by atoms with Crippen LogP contribution in [-0.4, -0.2) is 26.2 Å². The standard InChI is InChI=1S/C27H30F2N2O3/c1-16-22(24(26(32)33)34-27(2,3)4)23(18-8-6-5-7-9-18)19-12-13-31(25(19)30-16)15-17-10-11-20(28)21(29)14-17/h8,10-14,24H,5-7,9,15H2,1-4H3,(H,32,33). The third-order valence-corrected chi connectivity index (χ3v) is 6.04. The van der Waals surface area contributed by atoms with E-state index in [1.165, 1.54) is 6.07 Å². The molecule has 0 fully saturated rings. The number of aromatic nitrogens is 2. The SMILES string of the molecule is Cc1nc2c(ccn2Cc2ccc(F)c(F)c2)c(C2=CCCCC2)c1C(OC(C)(C)C)C(=O)O. The van der Waals surface area contributed by atoms with Gasteiger partial charge in [-0.05, 0) is 88.3 Å². The zero-order valence-electron chi connectivity index (χ0n) is 20.0. The van der Waals surface area contributed by atoms with E-state index in [0.717, 1.165) is 48.3 Å². The zero-order valence-corrected chi connectivity index (χ0v) is 20.0. The molecule has 0 radical (unpaired) electrons. The molecule has 0 bridgehead atoms. The number of aliphatic carboxylic acids is 1. The Morgan fingerprint density at radius 3 is 2.59 bits per heavy atom. The van der Waals surface area contributed by atoms with Crippen LogP contribution < -0.4 is 0 Å². The number of carboxylic acids is 1. The van der Waals surface area contributed by atoms with Gasteiger partial charge in [-0.2, -0.15) is 0 Å². The van der Waals surface area contributed by atoms with E-state index in [9.17, 15) is 18.7 Å². The number of allylic oxidation sites excluding steroid dienone is 2. The Hall–Kier alpha value is -3.06. The molecule has 1 aliphatic rings. The van der Waals surface area contributed by atoms with E-state index in [-0.39, 0.29) is 0 Å². The Bertz CT molecular complexity index is 1270. The molecular formula is C27H30F2N2O3. The molecule has 2 aromatic heterocycles. The normalized spacial score (nSPS) is 15.4. The van der Waals surface area contributed by atoms with Crippen molar-refractivity contribution in [1.29, 1.82) is 0 Å². The van der Waals surface area contributed by atoms with Gasteiger partial charge in [-0.25, -0.2) is 18.6 Å². The molecule has 3 aromatic rings. The molecule has 1 aromatic carbocycles. The highest BCUT2D eigenvalue weighted by atomic mass is 19.2. The minimum Gasteiger partial charge on any atom is -0.479 e. The van der Waals surface area contributed by atoms with Crippen LogP contribution in [0.3, 0.4) is 0 Å². The Morgan fingerprint density at radius 2 is 1.97 bits per heavy atom. The molecule has 7 heteroatoms. The number of pyridine rings is 1. The van der Waals surface area contributed by atoms with Crippen molar-refractivity contribution < 1.29 is 23.4 Å². The number of fused-ring (bicyclic) bond motifs is 1. The number of aryl methyl sites for hydroxylation is 1. The maximum absolute atomic E-state index is 13.8. The summed E-state index contributed by atoms with van der Waals surface area (Å²) in [5.41, 5.74) is 3.74. The first-order valence-electron chi connectivity index (χ1n) is 11.6. The van der Waals surface area contributed by atoms with Crippen LogP contribution in [0.4, 0.5) is 8.78 Å². The molecule has 1 N–H and O–H groups in total. The van der Waals surface area contributed by atoms with Gasteiger partial charge in [0, 0.05) is 29.4 Å². The molecule has 180 valence electrons. The van der Waals surface area contributed by atoms with E-state index in [1.54, 1.807) is 13.0 Å². The molecule has 1 atom stereocenters. The average Bonchev–Trinajstić information content (AvgIpc) is 3.15. The fourth-order valence-electron chi connectivity index (χ4n) is 4.61. The van der Waals surface area contributed by atoms with Gasteiger partial charge >= 0.3 is 5.97 Å². The lowest BCUT2D eigenvalue weighted by molar-refractivity contribution is -0.160. The van der Waals surface area contributed by atoms with Crippen LogP contribution in [0.5, 0.6) is 0 Å². The smallest absolute Gasteiger partial charge is 0.337 e. The Morgan fingerprint density at radius 1 is 1.21 bits per heavy atom. The minimum absolute atomic E-state index is 0.311. The van der Waals surface area contributed by atoms with Gasteiger partial charge in [0.15, 0.2) is 17.7 Å². The third kappa shape index (κ3) is 4.89. The number of ether oxygens (including phenoxy) is 1. The van der Waals surface area contributed by atoms with Gasteiger partial charge < -0.3 is 14.4 Å². The fraction of sp³-hybridized carbons (Fsp3) is 0.407. The van der Waals surface area contributed by atoms with Crippen molar-refractivity contribution in [3.8, 4) is 0 Å². The Labute approximate surface area is 198 Å². The van der Waals surface area contributed by atoms with Crippen molar-refractivity contribution in [1.82, 2.24) is 9.55 Å². The lowest BCUT2D eigenvalue weighted by Crippen LogP contribution is -2.29. The monoisotopic (exact) mass is 468 g/mol. The van der Waals surface area contributed by atoms with E-state index in [4.69, 9.17) is 9.72 Å². The second-order valence-electron chi connectivity index (χ2n) is 9.84.